The van der Waals surface area contributed by atoms with Crippen LogP contribution in [0.15, 0.2) is 36.4 Å². The van der Waals surface area contributed by atoms with Crippen LogP contribution >= 0.6 is 0 Å². The lowest BCUT2D eigenvalue weighted by atomic mass is 10.1. The van der Waals surface area contributed by atoms with E-state index in [-0.39, 0.29) is 5.91 Å². The van der Waals surface area contributed by atoms with Gasteiger partial charge in [-0.2, -0.15) is 0 Å². The topological polar surface area (TPSA) is 76.6 Å². The molecule has 0 spiro atoms. The molecular formula is C19H24N4O3. The molecule has 7 heteroatoms. The van der Waals surface area contributed by atoms with Gasteiger partial charge in [0.1, 0.15) is 18.1 Å². The van der Waals surface area contributed by atoms with E-state index in [1.54, 1.807) is 13.2 Å². The summed E-state index contributed by atoms with van der Waals surface area (Å²) >= 11 is 0. The van der Waals surface area contributed by atoms with E-state index in [1.807, 2.05) is 30.3 Å². The summed E-state index contributed by atoms with van der Waals surface area (Å²) in [6.45, 7) is 2.77. The number of nitrogens with zero attached hydrogens (tertiary/aromatic N) is 3. The number of rotatable bonds is 7. The van der Waals surface area contributed by atoms with Crippen LogP contribution in [0.3, 0.4) is 0 Å². The molecule has 7 nitrogen and oxygen atoms in total. The summed E-state index contributed by atoms with van der Waals surface area (Å²) in [5.74, 6) is 2.09. The third kappa shape index (κ3) is 4.84. The molecule has 0 aliphatic carbocycles. The lowest BCUT2D eigenvalue weighted by molar-refractivity contribution is 0.0941. The zero-order valence-electron chi connectivity index (χ0n) is 15.0. The Morgan fingerprint density at radius 2 is 1.77 bits per heavy atom. The fourth-order valence-electron chi connectivity index (χ4n) is 2.83. The second-order valence-electron chi connectivity index (χ2n) is 6.10. The van der Waals surface area contributed by atoms with Gasteiger partial charge in [-0.3, -0.25) is 4.79 Å². The largest absolute Gasteiger partial charge is 0.497 e. The number of methoxy groups -OCH3 is 1. The SMILES string of the molecule is COc1ccc(OCCNC(=O)c2ccc(N3CCCCC3)nn2)cc1. The Bertz CT molecular complexity index is 698. The molecule has 1 N–H and O–H groups in total. The molecule has 3 rings (SSSR count). The number of amides is 1. The number of piperidine rings is 1. The van der Waals surface area contributed by atoms with Gasteiger partial charge in [0.05, 0.1) is 13.7 Å². The molecule has 1 saturated heterocycles. The fraction of sp³-hybridized carbons (Fsp3) is 0.421. The molecular weight excluding hydrogens is 332 g/mol. The van der Waals surface area contributed by atoms with Crippen molar-refractivity contribution < 1.29 is 14.3 Å². The summed E-state index contributed by atoms with van der Waals surface area (Å²) in [4.78, 5) is 14.3. The molecule has 1 fully saturated rings. The van der Waals surface area contributed by atoms with Crippen LogP contribution in [0.1, 0.15) is 29.8 Å². The second-order valence-corrected chi connectivity index (χ2v) is 6.10. The van der Waals surface area contributed by atoms with Crippen molar-refractivity contribution in [3.05, 3.63) is 42.1 Å². The highest BCUT2D eigenvalue weighted by Crippen LogP contribution is 2.17. The average molecular weight is 356 g/mol. The molecule has 0 atom stereocenters. The first-order valence-electron chi connectivity index (χ1n) is 8.90. The number of carbonyl (C=O) groups is 1. The van der Waals surface area contributed by atoms with E-state index < -0.39 is 0 Å². The van der Waals surface area contributed by atoms with Gasteiger partial charge in [-0.05, 0) is 55.7 Å². The van der Waals surface area contributed by atoms with E-state index in [2.05, 4.69) is 20.4 Å². The highest BCUT2D eigenvalue weighted by Gasteiger charge is 2.14. The van der Waals surface area contributed by atoms with Crippen molar-refractivity contribution in [1.29, 1.82) is 0 Å². The third-order valence-corrected chi connectivity index (χ3v) is 4.28. The lowest BCUT2D eigenvalue weighted by Crippen LogP contribution is -2.31. The fourth-order valence-corrected chi connectivity index (χ4v) is 2.83. The Hall–Kier alpha value is -2.83. The van der Waals surface area contributed by atoms with Gasteiger partial charge in [-0.25, -0.2) is 0 Å². The maximum absolute atomic E-state index is 12.1. The minimum atomic E-state index is -0.249. The Kier molecular flexibility index (Phi) is 6.24. The predicted octanol–water partition coefficient (Wildman–Crippen LogP) is 2.28. The third-order valence-electron chi connectivity index (χ3n) is 4.28. The number of carbonyl (C=O) groups excluding carboxylic acids is 1. The maximum atomic E-state index is 12.1. The van der Waals surface area contributed by atoms with Crippen molar-refractivity contribution in [2.24, 2.45) is 0 Å². The van der Waals surface area contributed by atoms with Crippen LogP contribution in [0, 0.1) is 0 Å². The van der Waals surface area contributed by atoms with E-state index in [1.165, 1.54) is 19.3 Å². The molecule has 138 valence electrons. The number of anilines is 1. The van der Waals surface area contributed by atoms with Crippen LogP contribution in [0.2, 0.25) is 0 Å². The Morgan fingerprint density at radius 3 is 2.42 bits per heavy atom. The zero-order chi connectivity index (χ0) is 18.2. The molecule has 1 aromatic carbocycles. The minimum Gasteiger partial charge on any atom is -0.497 e. The Labute approximate surface area is 153 Å². The summed E-state index contributed by atoms with van der Waals surface area (Å²) in [5, 5.41) is 11.0. The molecule has 0 unspecified atom stereocenters. The predicted molar refractivity (Wildman–Crippen MR) is 98.9 cm³/mol. The minimum absolute atomic E-state index is 0.249. The first-order chi connectivity index (χ1) is 12.8. The monoisotopic (exact) mass is 356 g/mol. The van der Waals surface area contributed by atoms with Gasteiger partial charge in [-0.15, -0.1) is 10.2 Å². The smallest absolute Gasteiger partial charge is 0.271 e. The molecule has 1 aliphatic rings. The van der Waals surface area contributed by atoms with Crippen molar-refractivity contribution in [2.75, 3.05) is 38.3 Å². The standard InChI is InChI=1S/C19H24N4O3/c1-25-15-5-7-16(8-6-15)26-14-11-20-19(24)17-9-10-18(22-21-17)23-12-3-2-4-13-23/h5-10H,2-4,11-14H2,1H3,(H,20,24). The van der Waals surface area contributed by atoms with Gasteiger partial charge in [0.2, 0.25) is 0 Å². The Balaban J connectivity index is 1.42. The van der Waals surface area contributed by atoms with Crippen molar-refractivity contribution in [2.45, 2.75) is 19.3 Å². The molecule has 0 bridgehead atoms. The molecule has 0 radical (unpaired) electrons. The summed E-state index contributed by atoms with van der Waals surface area (Å²) < 4.78 is 10.7. The van der Waals surface area contributed by atoms with Gasteiger partial charge < -0.3 is 19.7 Å². The van der Waals surface area contributed by atoms with Crippen molar-refractivity contribution >= 4 is 11.7 Å². The van der Waals surface area contributed by atoms with Crippen molar-refractivity contribution in [3.63, 3.8) is 0 Å². The van der Waals surface area contributed by atoms with E-state index >= 15 is 0 Å². The number of hydrogen-bond acceptors (Lipinski definition) is 6. The summed E-state index contributed by atoms with van der Waals surface area (Å²) in [5.41, 5.74) is 0.315. The molecule has 0 saturated carbocycles. The van der Waals surface area contributed by atoms with E-state index in [0.717, 1.165) is 30.4 Å². The highest BCUT2D eigenvalue weighted by atomic mass is 16.5. The molecule has 2 aromatic rings. The summed E-state index contributed by atoms with van der Waals surface area (Å²) in [6.07, 6.45) is 3.62. The highest BCUT2D eigenvalue weighted by molar-refractivity contribution is 5.92. The van der Waals surface area contributed by atoms with Gasteiger partial charge in [0, 0.05) is 13.1 Å². The van der Waals surface area contributed by atoms with Crippen LogP contribution < -0.4 is 19.7 Å². The van der Waals surface area contributed by atoms with Crippen LogP contribution in [-0.2, 0) is 0 Å². The van der Waals surface area contributed by atoms with Crippen molar-refractivity contribution in [3.8, 4) is 11.5 Å². The average Bonchev–Trinajstić information content (AvgIpc) is 2.72. The number of nitrogens with one attached hydrogen (secondary N) is 1. The molecule has 26 heavy (non-hydrogen) atoms. The summed E-state index contributed by atoms with van der Waals surface area (Å²) in [7, 11) is 1.62. The molecule has 1 aromatic heterocycles. The van der Waals surface area contributed by atoms with E-state index in [4.69, 9.17) is 9.47 Å². The summed E-state index contributed by atoms with van der Waals surface area (Å²) in [6, 6.07) is 10.9. The van der Waals surface area contributed by atoms with Gasteiger partial charge in [0.15, 0.2) is 11.5 Å². The van der Waals surface area contributed by atoms with Gasteiger partial charge in [0.25, 0.3) is 5.91 Å². The number of aromatic nitrogens is 2. The van der Waals surface area contributed by atoms with E-state index in [9.17, 15) is 4.79 Å². The number of hydrogen-bond donors (Lipinski definition) is 1. The molecule has 1 aliphatic heterocycles. The first-order valence-corrected chi connectivity index (χ1v) is 8.90. The first kappa shape index (κ1) is 18.0. The second kappa shape index (κ2) is 9.03. The zero-order valence-corrected chi connectivity index (χ0v) is 15.0. The molecule has 2 heterocycles. The van der Waals surface area contributed by atoms with Gasteiger partial charge >= 0.3 is 0 Å². The van der Waals surface area contributed by atoms with E-state index in [0.29, 0.717) is 18.8 Å². The van der Waals surface area contributed by atoms with Crippen LogP contribution in [-0.4, -0.2) is 49.5 Å². The number of benzene rings is 1. The quantitative estimate of drug-likeness (QED) is 0.767. The van der Waals surface area contributed by atoms with Crippen LogP contribution in [0.25, 0.3) is 0 Å². The molecule has 1 amide bonds. The number of ether oxygens (including phenoxy) is 2. The van der Waals surface area contributed by atoms with Crippen LogP contribution in [0.4, 0.5) is 5.82 Å². The maximum Gasteiger partial charge on any atom is 0.271 e. The normalized spacial score (nSPS) is 14.0. The van der Waals surface area contributed by atoms with Gasteiger partial charge in [-0.1, -0.05) is 0 Å². The van der Waals surface area contributed by atoms with Crippen molar-refractivity contribution in [1.82, 2.24) is 15.5 Å². The van der Waals surface area contributed by atoms with Crippen LogP contribution in [0.5, 0.6) is 11.5 Å². The lowest BCUT2D eigenvalue weighted by Gasteiger charge is -2.27. The Morgan fingerprint density at radius 1 is 1.04 bits per heavy atom.